The van der Waals surface area contributed by atoms with Crippen LogP contribution in [0.15, 0.2) is 0 Å². The summed E-state index contributed by atoms with van der Waals surface area (Å²) in [7, 11) is -4.57. The molecule has 14 heavy (non-hydrogen) atoms. The van der Waals surface area contributed by atoms with E-state index in [0.29, 0.717) is 0 Å². The van der Waals surface area contributed by atoms with E-state index >= 15 is 0 Å². The molecule has 1 aliphatic heterocycles. The van der Waals surface area contributed by atoms with Gasteiger partial charge in [0.2, 0.25) is 11.8 Å². The van der Waals surface area contributed by atoms with Crippen LogP contribution in [-0.4, -0.2) is 30.5 Å². The molecule has 0 bridgehead atoms. The Bertz CT molecular complexity index is 381. The van der Waals surface area contributed by atoms with E-state index < -0.39 is 28.1 Å². The van der Waals surface area contributed by atoms with Gasteiger partial charge in [0.25, 0.3) is 0 Å². The van der Waals surface area contributed by atoms with E-state index in [1.807, 2.05) is 0 Å². The zero-order valence-electron chi connectivity index (χ0n) is 7.22. The molecule has 1 heterocycles. The quantitative estimate of drug-likeness (QED) is 0.551. The highest BCUT2D eigenvalue weighted by atomic mass is 32.2. The van der Waals surface area contributed by atoms with Gasteiger partial charge in [-0.25, -0.2) is 0 Å². The van der Waals surface area contributed by atoms with Crippen LogP contribution in [0.3, 0.4) is 0 Å². The van der Waals surface area contributed by atoms with Crippen molar-refractivity contribution in [2.75, 3.05) is 0 Å². The molecule has 1 fully saturated rings. The third-order valence-electron chi connectivity index (χ3n) is 1.45. The van der Waals surface area contributed by atoms with Gasteiger partial charge >= 0.3 is 16.3 Å². The second-order valence-electron chi connectivity index (χ2n) is 2.58. The summed E-state index contributed by atoms with van der Waals surface area (Å²) in [6.07, 6.45) is -0.362. The van der Waals surface area contributed by atoms with E-state index in [4.69, 9.17) is 0 Å². The minimum Gasteiger partial charge on any atom is -0.330 e. The first-order valence-corrected chi connectivity index (χ1v) is 5.02. The zero-order valence-corrected chi connectivity index (χ0v) is 8.04. The van der Waals surface area contributed by atoms with Gasteiger partial charge in [0, 0.05) is 19.8 Å². The van der Waals surface area contributed by atoms with Crippen molar-refractivity contribution < 1.29 is 27.0 Å². The fraction of sp³-hybridized carbons (Fsp3) is 0.500. The van der Waals surface area contributed by atoms with Crippen LogP contribution in [-0.2, 0) is 28.9 Å². The summed E-state index contributed by atoms with van der Waals surface area (Å²) in [4.78, 5) is 32.3. The highest BCUT2D eigenvalue weighted by molar-refractivity contribution is 7.86. The predicted octanol–water partition coefficient (Wildman–Crippen LogP) is -1.06. The molecule has 8 heteroatoms. The first kappa shape index (κ1) is 10.6. The van der Waals surface area contributed by atoms with Crippen molar-refractivity contribution in [3.05, 3.63) is 0 Å². The molecule has 0 aromatic rings. The number of nitrogens with zero attached hydrogens (tertiary/aromatic N) is 1. The van der Waals surface area contributed by atoms with Gasteiger partial charge in [0.1, 0.15) is 0 Å². The number of hydrogen-bond acceptors (Lipinski definition) is 6. The summed E-state index contributed by atoms with van der Waals surface area (Å²) >= 11 is 0. The molecule has 0 atom stereocenters. The van der Waals surface area contributed by atoms with Crippen LogP contribution < -0.4 is 0 Å². The van der Waals surface area contributed by atoms with Gasteiger partial charge in [0.15, 0.2) is 0 Å². The average molecular weight is 221 g/mol. The summed E-state index contributed by atoms with van der Waals surface area (Å²) < 4.78 is 26.1. The minimum absolute atomic E-state index is 0.0194. The Morgan fingerprint density at radius 1 is 1.29 bits per heavy atom. The fourth-order valence-corrected chi connectivity index (χ4v) is 2.04. The number of carbonyl (C=O) groups excluding carboxylic acids is 3. The molecule has 0 unspecified atom stereocenters. The van der Waals surface area contributed by atoms with E-state index in [0.717, 1.165) is 6.92 Å². The number of amides is 2. The second-order valence-corrected chi connectivity index (χ2v) is 3.97. The molecular formula is C6H7NO6S. The average Bonchev–Trinajstić information content (AvgIpc) is 2.27. The van der Waals surface area contributed by atoms with Crippen molar-refractivity contribution >= 4 is 28.1 Å². The zero-order chi connectivity index (χ0) is 10.9. The van der Waals surface area contributed by atoms with Crippen molar-refractivity contribution in [3.63, 3.8) is 0 Å². The summed E-state index contributed by atoms with van der Waals surface area (Å²) in [5.41, 5.74) is 0. The normalized spacial score (nSPS) is 17.4. The molecule has 0 radical (unpaired) electrons. The number of imide groups is 1. The highest BCUT2D eigenvalue weighted by Gasteiger charge is 2.40. The van der Waals surface area contributed by atoms with Gasteiger partial charge < -0.3 is 4.18 Å². The standard InChI is InChI=1S/C6H7NO6S/c1-4(8)13-14(11,12)7-5(9)2-3-6(7)10/h2-3H2,1H3. The molecule has 1 rings (SSSR count). The molecule has 0 aromatic heterocycles. The summed E-state index contributed by atoms with van der Waals surface area (Å²) in [6, 6.07) is 0. The topological polar surface area (TPSA) is 97.8 Å². The van der Waals surface area contributed by atoms with Crippen molar-refractivity contribution in [2.24, 2.45) is 0 Å². The van der Waals surface area contributed by atoms with Crippen LogP contribution in [0.5, 0.6) is 0 Å². The summed E-state index contributed by atoms with van der Waals surface area (Å²) in [5.74, 6) is -2.86. The van der Waals surface area contributed by atoms with Crippen LogP contribution in [0.1, 0.15) is 19.8 Å². The van der Waals surface area contributed by atoms with E-state index in [9.17, 15) is 22.8 Å². The fourth-order valence-electron chi connectivity index (χ4n) is 0.991. The summed E-state index contributed by atoms with van der Waals surface area (Å²) in [6.45, 7) is 0.864. The molecule has 0 spiro atoms. The van der Waals surface area contributed by atoms with Gasteiger partial charge in [-0.15, -0.1) is 4.31 Å². The Morgan fingerprint density at radius 2 is 1.71 bits per heavy atom. The lowest BCUT2D eigenvalue weighted by molar-refractivity contribution is -0.134. The predicted molar refractivity (Wildman–Crippen MR) is 41.8 cm³/mol. The van der Waals surface area contributed by atoms with Gasteiger partial charge in [-0.05, 0) is 0 Å². The lowest BCUT2D eigenvalue weighted by Gasteiger charge is -2.11. The Labute approximate surface area is 79.9 Å². The van der Waals surface area contributed by atoms with Gasteiger partial charge in [-0.1, -0.05) is 0 Å². The molecular weight excluding hydrogens is 214 g/mol. The number of rotatable bonds is 2. The van der Waals surface area contributed by atoms with Crippen LogP contribution in [0.2, 0.25) is 0 Å². The van der Waals surface area contributed by atoms with Gasteiger partial charge in [0.05, 0.1) is 0 Å². The van der Waals surface area contributed by atoms with E-state index in [2.05, 4.69) is 4.18 Å². The van der Waals surface area contributed by atoms with Crippen LogP contribution >= 0.6 is 0 Å². The minimum atomic E-state index is -4.57. The monoisotopic (exact) mass is 221 g/mol. The molecule has 1 aliphatic rings. The van der Waals surface area contributed by atoms with E-state index in [1.54, 1.807) is 0 Å². The van der Waals surface area contributed by atoms with Crippen LogP contribution in [0.4, 0.5) is 0 Å². The molecule has 7 nitrogen and oxygen atoms in total. The number of hydrogen-bond donors (Lipinski definition) is 0. The highest BCUT2D eigenvalue weighted by Crippen LogP contribution is 2.17. The Balaban J connectivity index is 2.98. The van der Waals surface area contributed by atoms with Crippen molar-refractivity contribution in [1.29, 1.82) is 0 Å². The maximum Gasteiger partial charge on any atom is 0.421 e. The van der Waals surface area contributed by atoms with E-state index in [-0.39, 0.29) is 17.1 Å². The van der Waals surface area contributed by atoms with Crippen LogP contribution in [0, 0.1) is 0 Å². The SMILES string of the molecule is CC(=O)OS(=O)(=O)N1C(=O)CCC1=O. The first-order valence-electron chi connectivity index (χ1n) is 3.65. The molecule has 2 amide bonds. The van der Waals surface area contributed by atoms with Crippen LogP contribution in [0.25, 0.3) is 0 Å². The lowest BCUT2D eigenvalue weighted by atomic mass is 10.4. The smallest absolute Gasteiger partial charge is 0.330 e. The Morgan fingerprint density at radius 3 is 2.07 bits per heavy atom. The Hall–Kier alpha value is -1.44. The summed E-state index contributed by atoms with van der Waals surface area (Å²) in [5, 5.41) is 0. The molecule has 78 valence electrons. The molecule has 0 aromatic carbocycles. The van der Waals surface area contributed by atoms with Gasteiger partial charge in [-0.3, -0.25) is 14.4 Å². The lowest BCUT2D eigenvalue weighted by Crippen LogP contribution is -2.37. The Kier molecular flexibility index (Phi) is 2.56. The first-order chi connectivity index (χ1) is 6.34. The van der Waals surface area contributed by atoms with Crippen molar-refractivity contribution in [2.45, 2.75) is 19.8 Å². The third kappa shape index (κ3) is 1.90. The largest absolute Gasteiger partial charge is 0.421 e. The van der Waals surface area contributed by atoms with Crippen molar-refractivity contribution in [1.82, 2.24) is 4.31 Å². The maximum absolute atomic E-state index is 11.1. The molecule has 0 N–H and O–H groups in total. The maximum atomic E-state index is 11.1. The molecule has 0 saturated carbocycles. The van der Waals surface area contributed by atoms with Gasteiger partial charge in [-0.2, -0.15) is 8.42 Å². The van der Waals surface area contributed by atoms with Crippen molar-refractivity contribution in [3.8, 4) is 0 Å². The molecule has 1 saturated heterocycles. The second kappa shape index (κ2) is 3.37. The van der Waals surface area contributed by atoms with E-state index in [1.165, 1.54) is 0 Å². The third-order valence-corrected chi connectivity index (χ3v) is 2.75. The number of carbonyl (C=O) groups is 3. The molecule has 0 aliphatic carbocycles.